The Kier molecular flexibility index (Phi) is 5.67. The molecule has 0 aliphatic rings. The van der Waals surface area contributed by atoms with Crippen LogP contribution < -0.4 is 15.4 Å². The Morgan fingerprint density at radius 1 is 1.31 bits per heavy atom. The van der Waals surface area contributed by atoms with Gasteiger partial charge in [-0.2, -0.15) is 0 Å². The predicted octanol–water partition coefficient (Wildman–Crippen LogP) is 0.843. The molecule has 0 aliphatic carbocycles. The zero-order valence-corrected chi connectivity index (χ0v) is 9.72. The highest BCUT2D eigenvalue weighted by Gasteiger charge is 2.09. The molecule has 0 spiro atoms. The van der Waals surface area contributed by atoms with Crippen molar-refractivity contribution in [3.8, 4) is 5.75 Å². The number of rotatable bonds is 7. The number of methoxy groups -OCH3 is 1. The molecule has 0 radical (unpaired) electrons. The van der Waals surface area contributed by atoms with Gasteiger partial charge in [0.05, 0.1) is 19.4 Å². The van der Waals surface area contributed by atoms with E-state index in [1.165, 1.54) is 0 Å². The molecule has 0 amide bonds. The molecule has 0 fully saturated rings. The van der Waals surface area contributed by atoms with Crippen molar-refractivity contribution in [3.05, 3.63) is 24.3 Å². The summed E-state index contributed by atoms with van der Waals surface area (Å²) < 4.78 is 5.30. The second-order valence-electron chi connectivity index (χ2n) is 3.52. The molecule has 0 bridgehead atoms. The minimum Gasteiger partial charge on any atom is -0.495 e. The van der Waals surface area contributed by atoms with Crippen LogP contribution in [0.15, 0.2) is 24.3 Å². The lowest BCUT2D eigenvalue weighted by Crippen LogP contribution is -2.29. The summed E-state index contributed by atoms with van der Waals surface area (Å²) in [6.07, 6.45) is 0.901. The summed E-state index contributed by atoms with van der Waals surface area (Å²) in [6, 6.07) is 7.81. The lowest BCUT2D eigenvalue weighted by molar-refractivity contribution is 0.301. The Morgan fingerprint density at radius 2 is 2.06 bits per heavy atom. The van der Waals surface area contributed by atoms with Gasteiger partial charge in [-0.05, 0) is 25.1 Å². The molecular weight excluding hydrogens is 204 g/mol. The third-order valence-electron chi connectivity index (χ3n) is 2.43. The standard InChI is InChI=1S/C12H20N2O2/c1-16-12-6-3-2-5-11(12)14(9-10-15)8-4-7-13/h2-3,5-6,15H,4,7-10,13H2,1H3. The monoisotopic (exact) mass is 224 g/mol. The molecule has 1 rings (SSSR count). The summed E-state index contributed by atoms with van der Waals surface area (Å²) in [6.45, 7) is 2.21. The number of nitrogens with two attached hydrogens (primary N) is 1. The number of para-hydroxylation sites is 2. The van der Waals surface area contributed by atoms with Gasteiger partial charge in [0, 0.05) is 13.1 Å². The second-order valence-corrected chi connectivity index (χ2v) is 3.52. The Labute approximate surface area is 96.6 Å². The Hall–Kier alpha value is -1.26. The maximum atomic E-state index is 9.05. The Bertz CT molecular complexity index is 305. The first-order chi connectivity index (χ1) is 7.83. The van der Waals surface area contributed by atoms with Crippen molar-refractivity contribution in [1.82, 2.24) is 0 Å². The van der Waals surface area contributed by atoms with Crippen molar-refractivity contribution in [2.75, 3.05) is 38.3 Å². The van der Waals surface area contributed by atoms with Gasteiger partial charge in [-0.25, -0.2) is 0 Å². The fourth-order valence-electron chi connectivity index (χ4n) is 1.65. The molecule has 0 saturated carbocycles. The van der Waals surface area contributed by atoms with Crippen LogP contribution in [-0.4, -0.2) is 38.5 Å². The van der Waals surface area contributed by atoms with Crippen LogP contribution in [0, 0.1) is 0 Å². The summed E-state index contributed by atoms with van der Waals surface area (Å²) in [5, 5.41) is 9.05. The first-order valence-electron chi connectivity index (χ1n) is 5.52. The largest absolute Gasteiger partial charge is 0.495 e. The number of ether oxygens (including phenoxy) is 1. The van der Waals surface area contributed by atoms with Gasteiger partial charge in [0.2, 0.25) is 0 Å². The van der Waals surface area contributed by atoms with Crippen LogP contribution in [0.4, 0.5) is 5.69 Å². The zero-order valence-electron chi connectivity index (χ0n) is 9.72. The molecule has 90 valence electrons. The molecule has 3 N–H and O–H groups in total. The minimum atomic E-state index is 0.128. The first-order valence-corrected chi connectivity index (χ1v) is 5.52. The van der Waals surface area contributed by atoms with Gasteiger partial charge in [0.15, 0.2) is 0 Å². The molecule has 0 unspecified atom stereocenters. The molecular formula is C12H20N2O2. The molecule has 1 aromatic carbocycles. The number of benzene rings is 1. The van der Waals surface area contributed by atoms with Gasteiger partial charge in [-0.15, -0.1) is 0 Å². The van der Waals surface area contributed by atoms with Gasteiger partial charge in [0.25, 0.3) is 0 Å². The quantitative estimate of drug-likeness (QED) is 0.720. The van der Waals surface area contributed by atoms with E-state index in [0.717, 1.165) is 24.4 Å². The summed E-state index contributed by atoms with van der Waals surface area (Å²) in [7, 11) is 1.65. The highest BCUT2D eigenvalue weighted by Crippen LogP contribution is 2.27. The van der Waals surface area contributed by atoms with E-state index in [-0.39, 0.29) is 6.61 Å². The molecule has 0 heterocycles. The molecule has 1 aromatic rings. The molecule has 0 aliphatic heterocycles. The summed E-state index contributed by atoms with van der Waals surface area (Å²) in [5.74, 6) is 0.827. The summed E-state index contributed by atoms with van der Waals surface area (Å²) in [5.41, 5.74) is 6.51. The molecule has 0 atom stereocenters. The third kappa shape index (κ3) is 3.40. The van der Waals surface area contributed by atoms with Crippen LogP contribution in [0.5, 0.6) is 5.75 Å². The van der Waals surface area contributed by atoms with Crippen LogP contribution in [0.25, 0.3) is 0 Å². The number of hydrogen-bond donors (Lipinski definition) is 2. The minimum absolute atomic E-state index is 0.128. The van der Waals surface area contributed by atoms with Crippen molar-refractivity contribution >= 4 is 5.69 Å². The Balaban J connectivity index is 2.81. The van der Waals surface area contributed by atoms with E-state index in [2.05, 4.69) is 4.90 Å². The van der Waals surface area contributed by atoms with Crippen molar-refractivity contribution in [2.45, 2.75) is 6.42 Å². The van der Waals surface area contributed by atoms with Crippen molar-refractivity contribution in [3.63, 3.8) is 0 Å². The van der Waals surface area contributed by atoms with Crippen molar-refractivity contribution in [2.24, 2.45) is 5.73 Å². The van der Waals surface area contributed by atoms with E-state index < -0.39 is 0 Å². The van der Waals surface area contributed by atoms with E-state index in [1.807, 2.05) is 24.3 Å². The van der Waals surface area contributed by atoms with Gasteiger partial charge >= 0.3 is 0 Å². The van der Waals surface area contributed by atoms with Crippen LogP contribution in [0.2, 0.25) is 0 Å². The number of hydrogen-bond acceptors (Lipinski definition) is 4. The smallest absolute Gasteiger partial charge is 0.142 e. The molecule has 0 saturated heterocycles. The van der Waals surface area contributed by atoms with Crippen LogP contribution in [0.3, 0.4) is 0 Å². The maximum absolute atomic E-state index is 9.05. The number of aliphatic hydroxyl groups excluding tert-OH is 1. The fraction of sp³-hybridized carbons (Fsp3) is 0.500. The van der Waals surface area contributed by atoms with Gasteiger partial charge in [-0.3, -0.25) is 0 Å². The maximum Gasteiger partial charge on any atom is 0.142 e. The van der Waals surface area contributed by atoms with Crippen LogP contribution in [0.1, 0.15) is 6.42 Å². The highest BCUT2D eigenvalue weighted by molar-refractivity contribution is 5.58. The topological polar surface area (TPSA) is 58.7 Å². The van der Waals surface area contributed by atoms with E-state index in [9.17, 15) is 0 Å². The molecule has 0 aromatic heterocycles. The number of anilines is 1. The highest BCUT2D eigenvalue weighted by atomic mass is 16.5. The van der Waals surface area contributed by atoms with E-state index in [1.54, 1.807) is 7.11 Å². The molecule has 16 heavy (non-hydrogen) atoms. The predicted molar refractivity (Wildman–Crippen MR) is 66.0 cm³/mol. The van der Waals surface area contributed by atoms with E-state index in [0.29, 0.717) is 13.1 Å². The van der Waals surface area contributed by atoms with E-state index in [4.69, 9.17) is 15.6 Å². The van der Waals surface area contributed by atoms with Gasteiger partial charge < -0.3 is 20.5 Å². The van der Waals surface area contributed by atoms with Crippen molar-refractivity contribution < 1.29 is 9.84 Å². The zero-order chi connectivity index (χ0) is 11.8. The SMILES string of the molecule is COc1ccccc1N(CCO)CCCN. The molecule has 4 heteroatoms. The number of aliphatic hydroxyl groups is 1. The Morgan fingerprint density at radius 3 is 2.69 bits per heavy atom. The normalized spacial score (nSPS) is 10.2. The van der Waals surface area contributed by atoms with E-state index >= 15 is 0 Å². The van der Waals surface area contributed by atoms with Gasteiger partial charge in [-0.1, -0.05) is 12.1 Å². The number of nitrogens with zero attached hydrogens (tertiary/aromatic N) is 1. The lowest BCUT2D eigenvalue weighted by Gasteiger charge is -2.25. The lowest BCUT2D eigenvalue weighted by atomic mass is 10.2. The third-order valence-corrected chi connectivity index (χ3v) is 2.43. The first kappa shape index (κ1) is 12.8. The van der Waals surface area contributed by atoms with Crippen LogP contribution >= 0.6 is 0 Å². The second kappa shape index (κ2) is 7.09. The molecule has 4 nitrogen and oxygen atoms in total. The summed E-state index contributed by atoms with van der Waals surface area (Å²) in [4.78, 5) is 2.09. The summed E-state index contributed by atoms with van der Waals surface area (Å²) >= 11 is 0. The fourth-order valence-corrected chi connectivity index (χ4v) is 1.65. The average Bonchev–Trinajstić information content (AvgIpc) is 2.34. The van der Waals surface area contributed by atoms with Gasteiger partial charge in [0.1, 0.15) is 5.75 Å². The van der Waals surface area contributed by atoms with Crippen molar-refractivity contribution in [1.29, 1.82) is 0 Å². The average molecular weight is 224 g/mol. The van der Waals surface area contributed by atoms with Crippen LogP contribution in [-0.2, 0) is 0 Å².